The lowest BCUT2D eigenvalue weighted by molar-refractivity contribution is -0.137. The Kier molecular flexibility index (Phi) is 4.58. The minimum atomic E-state index is -4.37. The van der Waals surface area contributed by atoms with Crippen molar-refractivity contribution in [3.8, 4) is 0 Å². The molecule has 0 saturated heterocycles. The topological polar surface area (TPSA) is 55.1 Å². The van der Waals surface area contributed by atoms with E-state index in [0.29, 0.717) is 12.1 Å². The maximum absolute atomic E-state index is 12.5. The number of carbonyl (C=O) groups is 1. The van der Waals surface area contributed by atoms with Crippen LogP contribution in [0.5, 0.6) is 0 Å². The number of primary amides is 1. The third-order valence-electron chi connectivity index (χ3n) is 2.50. The third-order valence-corrected chi connectivity index (χ3v) is 2.50. The van der Waals surface area contributed by atoms with E-state index >= 15 is 0 Å². The Bertz CT molecular complexity index is 418. The summed E-state index contributed by atoms with van der Waals surface area (Å²) in [6.07, 6.45) is -3.69. The van der Waals surface area contributed by atoms with Crippen molar-refractivity contribution in [3.63, 3.8) is 0 Å². The fourth-order valence-electron chi connectivity index (χ4n) is 1.56. The van der Waals surface area contributed by atoms with Crippen LogP contribution >= 0.6 is 0 Å². The van der Waals surface area contributed by atoms with Crippen LogP contribution in [0.4, 0.5) is 18.9 Å². The molecule has 1 unspecified atom stereocenters. The number of nitrogens with one attached hydrogen (secondary N) is 1. The first-order valence-electron chi connectivity index (χ1n) is 5.55. The van der Waals surface area contributed by atoms with Gasteiger partial charge in [-0.3, -0.25) is 4.79 Å². The zero-order chi connectivity index (χ0) is 13.8. The summed E-state index contributed by atoms with van der Waals surface area (Å²) in [5, 5.41) is 2.87. The molecule has 0 heterocycles. The lowest BCUT2D eigenvalue weighted by Gasteiger charge is -2.17. The van der Waals surface area contributed by atoms with Crippen LogP contribution in [0.3, 0.4) is 0 Å². The van der Waals surface area contributed by atoms with Crippen molar-refractivity contribution in [1.29, 1.82) is 0 Å². The maximum atomic E-state index is 12.5. The summed E-state index contributed by atoms with van der Waals surface area (Å²) in [7, 11) is 0. The summed E-state index contributed by atoms with van der Waals surface area (Å²) in [6, 6.07) is 4.61. The van der Waals surface area contributed by atoms with Gasteiger partial charge in [-0.2, -0.15) is 13.2 Å². The Balaban J connectivity index is 2.81. The first kappa shape index (κ1) is 14.3. The number of nitrogens with two attached hydrogens (primary N) is 1. The zero-order valence-electron chi connectivity index (χ0n) is 9.92. The van der Waals surface area contributed by atoms with Crippen molar-refractivity contribution >= 4 is 11.6 Å². The van der Waals surface area contributed by atoms with Gasteiger partial charge in [0.1, 0.15) is 0 Å². The normalized spacial score (nSPS) is 13.1. The Morgan fingerprint density at radius 1 is 1.44 bits per heavy atom. The summed E-state index contributed by atoms with van der Waals surface area (Å²) < 4.78 is 37.5. The largest absolute Gasteiger partial charge is 0.416 e. The van der Waals surface area contributed by atoms with E-state index in [4.69, 9.17) is 5.73 Å². The van der Waals surface area contributed by atoms with Crippen LogP contribution < -0.4 is 11.1 Å². The molecule has 0 aliphatic carbocycles. The number of hydrogen-bond acceptors (Lipinski definition) is 2. The van der Waals surface area contributed by atoms with Crippen LogP contribution in [0.15, 0.2) is 24.3 Å². The van der Waals surface area contributed by atoms with E-state index in [1.165, 1.54) is 12.1 Å². The number of halogens is 3. The Hall–Kier alpha value is -1.72. The third kappa shape index (κ3) is 4.27. The van der Waals surface area contributed by atoms with Crippen molar-refractivity contribution < 1.29 is 18.0 Å². The highest BCUT2D eigenvalue weighted by Crippen LogP contribution is 2.30. The van der Waals surface area contributed by atoms with Crippen LogP contribution in [-0.4, -0.2) is 11.9 Å². The molecule has 6 heteroatoms. The van der Waals surface area contributed by atoms with Gasteiger partial charge in [-0.05, 0) is 24.6 Å². The molecule has 18 heavy (non-hydrogen) atoms. The minimum absolute atomic E-state index is 0.0900. The van der Waals surface area contributed by atoms with Gasteiger partial charge in [-0.1, -0.05) is 13.0 Å². The molecule has 0 saturated carbocycles. The van der Waals surface area contributed by atoms with Crippen molar-refractivity contribution in [3.05, 3.63) is 29.8 Å². The van der Waals surface area contributed by atoms with Crippen LogP contribution in [0.2, 0.25) is 0 Å². The second-order valence-electron chi connectivity index (χ2n) is 4.00. The number of rotatable bonds is 5. The number of hydrogen-bond donors (Lipinski definition) is 2. The maximum Gasteiger partial charge on any atom is 0.416 e. The molecular weight excluding hydrogens is 245 g/mol. The highest BCUT2D eigenvalue weighted by atomic mass is 19.4. The Morgan fingerprint density at radius 2 is 2.11 bits per heavy atom. The number of amides is 1. The average molecular weight is 260 g/mol. The highest BCUT2D eigenvalue weighted by molar-refractivity contribution is 5.75. The second-order valence-corrected chi connectivity index (χ2v) is 4.00. The van der Waals surface area contributed by atoms with Gasteiger partial charge in [0, 0.05) is 18.2 Å². The van der Waals surface area contributed by atoms with Gasteiger partial charge in [0.15, 0.2) is 0 Å². The molecule has 1 atom stereocenters. The lowest BCUT2D eigenvalue weighted by Crippen LogP contribution is -2.26. The Labute approximate surface area is 103 Å². The number of alkyl halides is 3. The molecule has 0 radical (unpaired) electrons. The molecule has 0 bridgehead atoms. The van der Waals surface area contributed by atoms with Gasteiger partial charge in [0.2, 0.25) is 5.91 Å². The summed E-state index contributed by atoms with van der Waals surface area (Å²) >= 11 is 0. The molecule has 0 fully saturated rings. The fraction of sp³-hybridized carbons (Fsp3) is 0.417. The van der Waals surface area contributed by atoms with Crippen LogP contribution in [0.25, 0.3) is 0 Å². The van der Waals surface area contributed by atoms with E-state index in [1.54, 1.807) is 0 Å². The molecule has 1 amide bonds. The standard InChI is InChI=1S/C12H15F3N2O/c1-2-9(7-11(16)18)17-10-5-3-4-8(6-10)12(13,14)15/h3-6,9,17H,2,7H2,1H3,(H2,16,18). The van der Waals surface area contributed by atoms with Gasteiger partial charge in [-0.25, -0.2) is 0 Å². The fourth-order valence-corrected chi connectivity index (χ4v) is 1.56. The van der Waals surface area contributed by atoms with E-state index < -0.39 is 17.6 Å². The van der Waals surface area contributed by atoms with Crippen LogP contribution in [-0.2, 0) is 11.0 Å². The van der Waals surface area contributed by atoms with Crippen LogP contribution in [0, 0.1) is 0 Å². The van der Waals surface area contributed by atoms with Crippen molar-refractivity contribution in [2.45, 2.75) is 32.0 Å². The summed E-state index contributed by atoms with van der Waals surface area (Å²) in [4.78, 5) is 10.8. The number of benzene rings is 1. The first-order chi connectivity index (χ1) is 8.32. The lowest BCUT2D eigenvalue weighted by atomic mass is 10.1. The molecular formula is C12H15F3N2O. The van der Waals surface area contributed by atoms with Crippen molar-refractivity contribution in [2.75, 3.05) is 5.32 Å². The number of carbonyl (C=O) groups excluding carboxylic acids is 1. The molecule has 1 aromatic carbocycles. The first-order valence-corrected chi connectivity index (χ1v) is 5.55. The van der Waals surface area contributed by atoms with Gasteiger partial charge >= 0.3 is 6.18 Å². The van der Waals surface area contributed by atoms with E-state index in [1.807, 2.05) is 6.92 Å². The molecule has 3 N–H and O–H groups in total. The quantitative estimate of drug-likeness (QED) is 0.855. The number of anilines is 1. The molecule has 3 nitrogen and oxygen atoms in total. The van der Waals surface area contributed by atoms with Crippen LogP contribution in [0.1, 0.15) is 25.3 Å². The van der Waals surface area contributed by atoms with Crippen molar-refractivity contribution in [2.24, 2.45) is 5.73 Å². The minimum Gasteiger partial charge on any atom is -0.382 e. The predicted molar refractivity (Wildman–Crippen MR) is 63.0 cm³/mol. The molecule has 0 aliphatic rings. The molecule has 100 valence electrons. The zero-order valence-corrected chi connectivity index (χ0v) is 9.92. The molecule has 1 aromatic rings. The second kappa shape index (κ2) is 5.75. The van der Waals surface area contributed by atoms with E-state index in [9.17, 15) is 18.0 Å². The predicted octanol–water partition coefficient (Wildman–Crippen LogP) is 2.77. The average Bonchev–Trinajstić information content (AvgIpc) is 2.26. The van der Waals surface area contributed by atoms with Gasteiger partial charge in [-0.15, -0.1) is 0 Å². The SMILES string of the molecule is CCC(CC(N)=O)Nc1cccc(C(F)(F)F)c1. The monoisotopic (exact) mass is 260 g/mol. The van der Waals surface area contributed by atoms with E-state index in [-0.39, 0.29) is 12.5 Å². The van der Waals surface area contributed by atoms with E-state index in [2.05, 4.69) is 5.32 Å². The molecule has 0 aromatic heterocycles. The molecule has 0 aliphatic heterocycles. The van der Waals surface area contributed by atoms with Gasteiger partial charge < -0.3 is 11.1 Å². The Morgan fingerprint density at radius 3 is 2.61 bits per heavy atom. The van der Waals surface area contributed by atoms with Gasteiger partial charge in [0.05, 0.1) is 5.56 Å². The molecule has 0 spiro atoms. The molecule has 1 rings (SSSR count). The van der Waals surface area contributed by atoms with E-state index in [0.717, 1.165) is 12.1 Å². The highest BCUT2D eigenvalue weighted by Gasteiger charge is 2.30. The smallest absolute Gasteiger partial charge is 0.382 e. The summed E-state index contributed by atoms with van der Waals surface area (Å²) in [5.74, 6) is -0.485. The summed E-state index contributed by atoms with van der Waals surface area (Å²) in [5.41, 5.74) is 4.67. The summed E-state index contributed by atoms with van der Waals surface area (Å²) in [6.45, 7) is 1.83. The van der Waals surface area contributed by atoms with Gasteiger partial charge in [0.25, 0.3) is 0 Å². The van der Waals surface area contributed by atoms with Crippen molar-refractivity contribution in [1.82, 2.24) is 0 Å².